The van der Waals surface area contributed by atoms with Gasteiger partial charge in [0.1, 0.15) is 0 Å². The summed E-state index contributed by atoms with van der Waals surface area (Å²) in [4.78, 5) is 26.3. The van der Waals surface area contributed by atoms with Crippen molar-refractivity contribution in [1.29, 1.82) is 0 Å². The summed E-state index contributed by atoms with van der Waals surface area (Å²) in [7, 11) is 1.96. The van der Waals surface area contributed by atoms with Gasteiger partial charge in [-0.2, -0.15) is 0 Å². The van der Waals surface area contributed by atoms with Gasteiger partial charge < -0.3 is 9.80 Å². The number of aromatic nitrogens is 2. The van der Waals surface area contributed by atoms with E-state index in [1.807, 2.05) is 37.2 Å². The maximum atomic E-state index is 12.9. The van der Waals surface area contributed by atoms with Crippen LogP contribution in [0.25, 0.3) is 11.3 Å². The van der Waals surface area contributed by atoms with Gasteiger partial charge in [0.05, 0.1) is 17.1 Å². The molecule has 162 valence electrons. The smallest absolute Gasteiger partial charge is 0.226 e. The maximum Gasteiger partial charge on any atom is 0.226 e. The van der Waals surface area contributed by atoms with E-state index in [4.69, 9.17) is 0 Å². The van der Waals surface area contributed by atoms with Gasteiger partial charge in [0, 0.05) is 62.0 Å². The van der Waals surface area contributed by atoms with Crippen molar-refractivity contribution < 1.29 is 4.79 Å². The number of hydrogen-bond donors (Lipinski definition) is 0. The zero-order chi connectivity index (χ0) is 21.6. The third kappa shape index (κ3) is 5.77. The van der Waals surface area contributed by atoms with Crippen LogP contribution in [-0.4, -0.2) is 58.4 Å². The molecule has 0 radical (unpaired) electrons. The monoisotopic (exact) mass is 434 g/mol. The fourth-order valence-corrected chi connectivity index (χ4v) is 4.76. The van der Waals surface area contributed by atoms with Gasteiger partial charge in [-0.1, -0.05) is 30.3 Å². The van der Waals surface area contributed by atoms with Crippen LogP contribution in [-0.2, 0) is 17.6 Å². The third-order valence-corrected chi connectivity index (χ3v) is 6.91. The van der Waals surface area contributed by atoms with E-state index in [1.54, 1.807) is 11.3 Å². The fourth-order valence-electron chi connectivity index (χ4n) is 4.14. The summed E-state index contributed by atoms with van der Waals surface area (Å²) in [5.74, 6) is 0.198. The van der Waals surface area contributed by atoms with Crippen molar-refractivity contribution in [2.45, 2.75) is 38.6 Å². The molecular formula is C25H30N4OS. The number of rotatable bonds is 7. The molecule has 0 saturated carbocycles. The number of pyridine rings is 1. The minimum Gasteiger partial charge on any atom is -0.342 e. The lowest BCUT2D eigenvalue weighted by Gasteiger charge is -2.36. The van der Waals surface area contributed by atoms with E-state index >= 15 is 0 Å². The summed E-state index contributed by atoms with van der Waals surface area (Å²) in [6.45, 7) is 5.13. The van der Waals surface area contributed by atoms with Crippen molar-refractivity contribution in [2.24, 2.45) is 0 Å². The van der Waals surface area contributed by atoms with Crippen molar-refractivity contribution in [3.63, 3.8) is 0 Å². The van der Waals surface area contributed by atoms with Crippen LogP contribution in [0.4, 0.5) is 0 Å². The number of amides is 1. The summed E-state index contributed by atoms with van der Waals surface area (Å²) in [6.07, 6.45) is 5.36. The maximum absolute atomic E-state index is 12.9. The van der Waals surface area contributed by atoms with Gasteiger partial charge >= 0.3 is 0 Å². The Balaban J connectivity index is 1.24. The number of hydrogen-bond acceptors (Lipinski definition) is 5. The number of likely N-dealkylation sites (N-methyl/N-ethyl adjacent to an activating group) is 1. The Morgan fingerprint density at radius 1 is 1.16 bits per heavy atom. The highest BCUT2D eigenvalue weighted by Gasteiger charge is 2.25. The summed E-state index contributed by atoms with van der Waals surface area (Å²) >= 11 is 1.66. The topological polar surface area (TPSA) is 49.3 Å². The Hall–Kier alpha value is -2.57. The van der Waals surface area contributed by atoms with E-state index in [0.29, 0.717) is 12.5 Å². The SMILES string of the molecule is Cc1nc(-c2ccc(CC(=O)N(C)C3CCN(CCc4ccccn4)CC3)cc2)cs1. The van der Waals surface area contributed by atoms with Crippen molar-refractivity contribution in [2.75, 3.05) is 26.7 Å². The van der Waals surface area contributed by atoms with Crippen LogP contribution in [0.15, 0.2) is 54.0 Å². The molecule has 0 unspecified atom stereocenters. The van der Waals surface area contributed by atoms with E-state index in [9.17, 15) is 4.79 Å². The van der Waals surface area contributed by atoms with E-state index in [0.717, 1.165) is 66.4 Å². The highest BCUT2D eigenvalue weighted by molar-refractivity contribution is 7.09. The molecule has 31 heavy (non-hydrogen) atoms. The minimum atomic E-state index is 0.198. The van der Waals surface area contributed by atoms with Crippen LogP contribution in [0, 0.1) is 6.92 Å². The average molecular weight is 435 g/mol. The van der Waals surface area contributed by atoms with Crippen LogP contribution < -0.4 is 0 Å². The lowest BCUT2D eigenvalue weighted by molar-refractivity contribution is -0.132. The Bertz CT molecular complexity index is 978. The molecule has 2 aromatic heterocycles. The molecule has 0 spiro atoms. The molecule has 5 nitrogen and oxygen atoms in total. The lowest BCUT2D eigenvalue weighted by Crippen LogP contribution is -2.46. The number of likely N-dealkylation sites (tertiary alicyclic amines) is 1. The zero-order valence-corrected chi connectivity index (χ0v) is 19.1. The molecule has 1 aliphatic heterocycles. The Morgan fingerprint density at radius 3 is 2.58 bits per heavy atom. The molecule has 4 rings (SSSR count). The Labute approximate surface area is 188 Å². The molecule has 1 fully saturated rings. The van der Waals surface area contributed by atoms with E-state index < -0.39 is 0 Å². The molecule has 6 heteroatoms. The number of carbonyl (C=O) groups excluding carboxylic acids is 1. The van der Waals surface area contributed by atoms with Crippen molar-refractivity contribution in [1.82, 2.24) is 19.8 Å². The number of piperidine rings is 1. The van der Waals surface area contributed by atoms with Crippen molar-refractivity contribution in [3.8, 4) is 11.3 Å². The van der Waals surface area contributed by atoms with Gasteiger partial charge in [0.15, 0.2) is 0 Å². The molecule has 0 N–H and O–H groups in total. The Morgan fingerprint density at radius 2 is 1.94 bits per heavy atom. The van der Waals surface area contributed by atoms with Gasteiger partial charge in [0.25, 0.3) is 0 Å². The predicted molar refractivity (Wildman–Crippen MR) is 126 cm³/mol. The summed E-state index contributed by atoms with van der Waals surface area (Å²) in [5.41, 5.74) is 4.31. The second kappa shape index (κ2) is 10.2. The lowest BCUT2D eigenvalue weighted by atomic mass is 10.0. The van der Waals surface area contributed by atoms with Crippen molar-refractivity contribution in [3.05, 3.63) is 70.3 Å². The van der Waals surface area contributed by atoms with E-state index in [2.05, 4.69) is 50.6 Å². The predicted octanol–water partition coefficient (Wildman–Crippen LogP) is 4.22. The molecule has 1 aliphatic rings. The molecule has 3 heterocycles. The van der Waals surface area contributed by atoms with Crippen molar-refractivity contribution >= 4 is 17.2 Å². The first-order chi connectivity index (χ1) is 15.1. The molecule has 0 bridgehead atoms. The zero-order valence-electron chi connectivity index (χ0n) is 18.3. The molecular weight excluding hydrogens is 404 g/mol. The van der Waals surface area contributed by atoms with Gasteiger partial charge in [-0.3, -0.25) is 9.78 Å². The second-order valence-corrected chi connectivity index (χ2v) is 9.34. The van der Waals surface area contributed by atoms with Gasteiger partial charge in [0.2, 0.25) is 5.91 Å². The van der Waals surface area contributed by atoms with Crippen LogP contribution in [0.5, 0.6) is 0 Å². The summed E-state index contributed by atoms with van der Waals surface area (Å²) < 4.78 is 0. The highest BCUT2D eigenvalue weighted by atomic mass is 32.1. The number of aryl methyl sites for hydroxylation is 1. The number of thiazole rings is 1. The third-order valence-electron chi connectivity index (χ3n) is 6.13. The summed E-state index contributed by atoms with van der Waals surface area (Å²) in [6, 6.07) is 14.7. The molecule has 3 aromatic rings. The largest absolute Gasteiger partial charge is 0.342 e. The van der Waals surface area contributed by atoms with Gasteiger partial charge in [-0.25, -0.2) is 4.98 Å². The number of benzene rings is 1. The fraction of sp³-hybridized carbons (Fsp3) is 0.400. The standard InChI is InChI=1S/C25H30N4OS/c1-19-27-24(18-31-19)21-8-6-20(7-9-21)17-25(30)28(2)23-11-15-29(16-12-23)14-10-22-5-3-4-13-26-22/h3-9,13,18,23H,10-12,14-17H2,1-2H3. The Kier molecular flexibility index (Phi) is 7.10. The average Bonchev–Trinajstić information content (AvgIpc) is 3.25. The molecule has 1 aromatic carbocycles. The number of carbonyl (C=O) groups is 1. The first kappa shape index (κ1) is 21.7. The first-order valence-corrected chi connectivity index (χ1v) is 11.9. The number of nitrogens with zero attached hydrogens (tertiary/aromatic N) is 4. The van der Waals surface area contributed by atoms with Gasteiger partial charge in [-0.05, 0) is 37.5 Å². The van der Waals surface area contributed by atoms with Crippen LogP contribution >= 0.6 is 11.3 Å². The molecule has 1 saturated heterocycles. The van der Waals surface area contributed by atoms with E-state index in [-0.39, 0.29) is 5.91 Å². The first-order valence-electron chi connectivity index (χ1n) is 11.0. The van der Waals surface area contributed by atoms with Crippen LogP contribution in [0.3, 0.4) is 0 Å². The quantitative estimate of drug-likeness (QED) is 0.559. The van der Waals surface area contributed by atoms with Gasteiger partial charge in [-0.15, -0.1) is 11.3 Å². The molecule has 0 aliphatic carbocycles. The summed E-state index contributed by atoms with van der Waals surface area (Å²) in [5, 5.41) is 3.14. The normalized spacial score (nSPS) is 15.2. The molecule has 1 amide bonds. The highest BCUT2D eigenvalue weighted by Crippen LogP contribution is 2.22. The minimum absolute atomic E-state index is 0.198. The van der Waals surface area contributed by atoms with Crippen LogP contribution in [0.1, 0.15) is 29.1 Å². The second-order valence-electron chi connectivity index (χ2n) is 8.27. The molecule has 0 atom stereocenters. The van der Waals surface area contributed by atoms with E-state index in [1.165, 1.54) is 0 Å². The van der Waals surface area contributed by atoms with Crippen LogP contribution in [0.2, 0.25) is 0 Å².